The molecular formula is C44H30ClN13O12S3Y. The van der Waals surface area contributed by atoms with Crippen molar-refractivity contribution in [3.8, 4) is 45.6 Å². The number of aromatic nitrogens is 7. The first-order valence-electron chi connectivity index (χ1n) is 20.5. The van der Waals surface area contributed by atoms with Crippen molar-refractivity contribution in [1.82, 2.24) is 35.2 Å². The van der Waals surface area contributed by atoms with Crippen molar-refractivity contribution in [2.24, 2.45) is 20.5 Å². The molecule has 9 aromatic rings. The Morgan fingerprint density at radius 2 is 1.27 bits per heavy atom. The molecule has 0 saturated heterocycles. The van der Waals surface area contributed by atoms with Crippen LogP contribution in [0.1, 0.15) is 22.8 Å². The average Bonchev–Trinajstić information content (AvgIpc) is 3.99. The van der Waals surface area contributed by atoms with Crippen LogP contribution in [0.5, 0.6) is 11.5 Å². The third-order valence-electron chi connectivity index (χ3n) is 10.3. The van der Waals surface area contributed by atoms with Crippen molar-refractivity contribution in [2.45, 2.75) is 30.6 Å². The summed E-state index contributed by atoms with van der Waals surface area (Å²) in [5.41, 5.74) is 1.11. The molecule has 0 saturated carbocycles. The Bertz CT molecular complexity index is 4080. The number of anilines is 4. The number of hydrogen-bond donors (Lipinski definition) is 7. The van der Waals surface area contributed by atoms with Crippen molar-refractivity contribution in [2.75, 3.05) is 10.6 Å². The summed E-state index contributed by atoms with van der Waals surface area (Å²) in [6.45, 7) is 4.86. The minimum absolute atomic E-state index is 0. The summed E-state index contributed by atoms with van der Waals surface area (Å²) in [5.74, 6) is 1.06. The molecule has 0 aliphatic rings. The number of phenolic OH excluding ortho intramolecular Hbond substituents is 2. The molecule has 0 amide bonds. The number of benzene rings is 6. The summed E-state index contributed by atoms with van der Waals surface area (Å²) in [7, 11) is -9.94. The van der Waals surface area contributed by atoms with Gasteiger partial charge in [0.1, 0.15) is 33.2 Å². The molecule has 0 aliphatic heterocycles. The summed E-state index contributed by atoms with van der Waals surface area (Å²) in [6.07, 6.45) is 0. The van der Waals surface area contributed by atoms with Gasteiger partial charge in [0, 0.05) is 48.7 Å². The van der Waals surface area contributed by atoms with Gasteiger partial charge in [-0.05, 0) is 115 Å². The maximum absolute atomic E-state index is 12.8. The second-order valence-corrected chi connectivity index (χ2v) is 18.9. The zero-order chi connectivity index (χ0) is 51.8. The number of halogens is 1. The first kappa shape index (κ1) is 52.9. The first-order valence-corrected chi connectivity index (χ1v) is 24.5. The monoisotopic (exact) mass is 1150 g/mol. The van der Waals surface area contributed by atoms with E-state index in [1.807, 2.05) is 0 Å². The number of aromatic hydroxyl groups is 2. The van der Waals surface area contributed by atoms with Crippen LogP contribution in [0.2, 0.25) is 5.28 Å². The van der Waals surface area contributed by atoms with Gasteiger partial charge in [-0.25, -0.2) is 5.26 Å². The van der Waals surface area contributed by atoms with E-state index in [-0.39, 0.29) is 123 Å². The predicted molar refractivity (Wildman–Crippen MR) is 262 cm³/mol. The Labute approximate surface area is 451 Å². The molecule has 3 aromatic heterocycles. The molecule has 3 heterocycles. The molecule has 0 bridgehead atoms. The largest absolute Gasteiger partial charge is 0.505 e. The van der Waals surface area contributed by atoms with E-state index in [2.05, 4.69) is 81.8 Å². The quantitative estimate of drug-likeness (QED) is 0.0141. The molecule has 74 heavy (non-hydrogen) atoms. The van der Waals surface area contributed by atoms with Crippen LogP contribution in [-0.4, -0.2) is 76.6 Å². The molecular weight excluding hydrogens is 1120 g/mol. The van der Waals surface area contributed by atoms with Gasteiger partial charge in [0.2, 0.25) is 23.0 Å². The van der Waals surface area contributed by atoms with Crippen LogP contribution in [0.15, 0.2) is 124 Å². The van der Waals surface area contributed by atoms with Gasteiger partial charge in [-0.1, -0.05) is 35.5 Å². The van der Waals surface area contributed by atoms with Crippen molar-refractivity contribution < 1.29 is 87.5 Å². The van der Waals surface area contributed by atoms with Crippen molar-refractivity contribution in [3.63, 3.8) is 0 Å². The topological polar surface area (TPSA) is 369 Å². The van der Waals surface area contributed by atoms with Crippen LogP contribution in [0.4, 0.5) is 46.0 Å². The standard InChI is InChI=1S/C44H30ClN13O12S3.Y/c1-20-16-23-19-32(73(65,66)67)37(56-54-28-11-7-5-9-25(28)41-49-33(58-69-41)14-15-71-70-61)38(59)34(23)30(17-20)48-44-51-42(45)50-43(52-44)47-29-12-13-31(72(62,63)64)26-18-21(2)36(39(60)35(26)29)55-53-27-10-6-4-8-24(27)40-46-22(3)57-68-40;/h4-13,16-19,59-61H,1-3H3,(H,62,63,64)(H,65,66,67)(H2,47,48,50,51,52);. The number of hydrogen-bond acceptors (Lipinski definition) is 24. The smallest absolute Gasteiger partial charge is 0.296 e. The summed E-state index contributed by atoms with van der Waals surface area (Å²) >= 11 is 6.84. The number of nitrogens with one attached hydrogen (secondary N) is 2. The van der Waals surface area contributed by atoms with Crippen LogP contribution in [-0.2, 0) is 57.3 Å². The van der Waals surface area contributed by atoms with Crippen molar-refractivity contribution in [3.05, 3.63) is 113 Å². The number of rotatable bonds is 13. The number of phenols is 2. The molecule has 6 aromatic carbocycles. The number of azo groups is 2. The molecule has 0 fully saturated rings. The molecule has 0 unspecified atom stereocenters. The van der Waals surface area contributed by atoms with E-state index in [0.717, 1.165) is 12.1 Å². The summed E-state index contributed by atoms with van der Waals surface area (Å²) < 4.78 is 86.0. The van der Waals surface area contributed by atoms with Gasteiger partial charge < -0.3 is 29.9 Å². The third kappa shape index (κ3) is 11.2. The average molecular weight is 1150 g/mol. The minimum Gasteiger partial charge on any atom is -0.505 e. The van der Waals surface area contributed by atoms with Crippen LogP contribution >= 0.6 is 23.6 Å². The molecule has 0 atom stereocenters. The van der Waals surface area contributed by atoms with E-state index in [1.54, 1.807) is 63.2 Å². The maximum Gasteiger partial charge on any atom is 0.296 e. The van der Waals surface area contributed by atoms with Gasteiger partial charge in [0.15, 0.2) is 17.3 Å². The van der Waals surface area contributed by atoms with Gasteiger partial charge in [0.05, 0.1) is 39.3 Å². The van der Waals surface area contributed by atoms with Crippen LogP contribution < -0.4 is 10.6 Å². The Morgan fingerprint density at radius 3 is 1.89 bits per heavy atom. The second kappa shape index (κ2) is 21.6. The van der Waals surface area contributed by atoms with Gasteiger partial charge in [0.25, 0.3) is 32.0 Å². The molecule has 371 valence electrons. The van der Waals surface area contributed by atoms with E-state index in [1.165, 1.54) is 30.3 Å². The normalized spacial score (nSPS) is 11.8. The van der Waals surface area contributed by atoms with Crippen molar-refractivity contribution in [1.29, 1.82) is 0 Å². The summed E-state index contributed by atoms with van der Waals surface area (Å²) in [5, 5.41) is 64.4. The predicted octanol–water partition coefficient (Wildman–Crippen LogP) is 10.5. The Hall–Kier alpha value is -7.43. The van der Waals surface area contributed by atoms with Crippen LogP contribution in [0.25, 0.3) is 44.5 Å². The van der Waals surface area contributed by atoms with E-state index < -0.39 is 47.2 Å². The van der Waals surface area contributed by atoms with Crippen LogP contribution in [0.3, 0.4) is 0 Å². The van der Waals surface area contributed by atoms with Gasteiger partial charge >= 0.3 is 0 Å². The molecule has 9 rings (SSSR count). The van der Waals surface area contributed by atoms with E-state index >= 15 is 0 Å². The van der Waals surface area contributed by atoms with E-state index in [9.17, 15) is 36.2 Å². The zero-order valence-electron chi connectivity index (χ0n) is 37.8. The molecule has 7 N–H and O–H groups in total. The molecule has 0 aliphatic carbocycles. The van der Waals surface area contributed by atoms with Gasteiger partial charge in [-0.3, -0.25) is 9.11 Å². The fraction of sp³-hybridized carbons (Fsp3) is 0.0682. The third-order valence-corrected chi connectivity index (χ3v) is 12.5. The molecule has 0 spiro atoms. The Morgan fingerprint density at radius 1 is 0.676 bits per heavy atom. The first-order chi connectivity index (χ1) is 34.9. The summed E-state index contributed by atoms with van der Waals surface area (Å²) in [6, 6.07) is 20.8. The molecule has 1 radical (unpaired) electrons. The van der Waals surface area contributed by atoms with E-state index in [0.29, 0.717) is 34.7 Å². The second-order valence-electron chi connectivity index (χ2n) is 15.2. The Balaban J connectivity index is 0.00000729. The fourth-order valence-electron chi connectivity index (χ4n) is 7.34. The number of aryl methyl sites for hydroxylation is 3. The summed E-state index contributed by atoms with van der Waals surface area (Å²) in [4.78, 5) is 19.8. The van der Waals surface area contributed by atoms with Gasteiger partial charge in [-0.2, -0.15) is 46.1 Å². The van der Waals surface area contributed by atoms with Gasteiger partial charge in [-0.15, -0.1) is 20.5 Å². The van der Waals surface area contributed by atoms with Crippen molar-refractivity contribution >= 4 is 111 Å². The fourth-order valence-corrected chi connectivity index (χ4v) is 9.01. The van der Waals surface area contributed by atoms with E-state index in [4.69, 9.17) is 25.9 Å². The Kier molecular flexibility index (Phi) is 15.4. The SMILES string of the molecule is Cc1cc(Nc2nc(Cl)nc(Nc3ccc(S(=O)(=O)O)c4cc(C)c(N=Nc5ccccc5-c5nc(C)no5)c(O)c34)n2)c2c(O)c(N=Nc3ccccc3-c3nc(C#CSOO)no3)c(S(=O)(=O)O)cc2c1.[Y]. The zero-order valence-corrected chi connectivity index (χ0v) is 43.8. The number of fused-ring (bicyclic) bond motifs is 2. The maximum atomic E-state index is 12.8. The molecule has 30 heteroatoms. The van der Waals surface area contributed by atoms with Crippen LogP contribution in [0, 0.1) is 31.9 Å². The number of nitrogens with zero attached hydrogens (tertiary/aromatic N) is 11. The molecule has 25 nitrogen and oxygen atoms in total. The minimum atomic E-state index is -5.07.